The van der Waals surface area contributed by atoms with Crippen molar-refractivity contribution in [1.82, 2.24) is 0 Å². The molecule has 1 rings (SSSR count). The second-order valence-corrected chi connectivity index (χ2v) is 2.86. The molecule has 14 heavy (non-hydrogen) atoms. The molecule has 0 bridgehead atoms. The number of rotatable bonds is 0. The zero-order valence-corrected chi connectivity index (χ0v) is 6.12. The van der Waals surface area contributed by atoms with Crippen molar-refractivity contribution in [2.45, 2.75) is 29.7 Å². The van der Waals surface area contributed by atoms with Crippen LogP contribution in [0.25, 0.3) is 0 Å². The van der Waals surface area contributed by atoms with Crippen molar-refractivity contribution < 1.29 is 40.9 Å². The number of halogens is 7. The van der Waals surface area contributed by atoms with E-state index in [0.29, 0.717) is 0 Å². The molecule has 0 spiro atoms. The summed E-state index contributed by atoms with van der Waals surface area (Å²) in [5, 5.41) is 16.3. The van der Waals surface area contributed by atoms with Crippen molar-refractivity contribution in [2.75, 3.05) is 0 Å². The van der Waals surface area contributed by atoms with E-state index in [0.717, 1.165) is 0 Å². The minimum Gasteiger partial charge on any atom is -0.358 e. The molecule has 1 aliphatic rings. The lowest BCUT2D eigenvalue weighted by Gasteiger charge is -2.25. The Morgan fingerprint density at radius 2 is 1.14 bits per heavy atom. The van der Waals surface area contributed by atoms with Crippen LogP contribution in [0.5, 0.6) is 0 Å². The van der Waals surface area contributed by atoms with Gasteiger partial charge >= 0.3 is 17.8 Å². The summed E-state index contributed by atoms with van der Waals surface area (Å²) >= 11 is 0. The van der Waals surface area contributed by atoms with Crippen molar-refractivity contribution in [2.24, 2.45) is 0 Å². The van der Waals surface area contributed by atoms with Crippen LogP contribution in [0.4, 0.5) is 30.7 Å². The molecule has 0 radical (unpaired) electrons. The van der Waals surface area contributed by atoms with Gasteiger partial charge in [-0.3, -0.25) is 0 Å². The molecule has 0 saturated heterocycles. The van der Waals surface area contributed by atoms with Crippen molar-refractivity contribution in [3.05, 3.63) is 0 Å². The molecule has 84 valence electrons. The maximum atomic E-state index is 12.3. The lowest BCUT2D eigenvalue weighted by molar-refractivity contribution is -0.342. The van der Waals surface area contributed by atoms with Gasteiger partial charge in [-0.05, 0) is 0 Å². The SMILES string of the molecule is OC1(O)C(F)C(F)(F)C(F)(F)C1(F)F. The Balaban J connectivity index is 3.38. The Kier molecular flexibility index (Phi) is 1.91. The summed E-state index contributed by atoms with van der Waals surface area (Å²) in [6, 6.07) is 0. The Morgan fingerprint density at radius 1 is 0.786 bits per heavy atom. The van der Waals surface area contributed by atoms with Gasteiger partial charge in [-0.25, -0.2) is 4.39 Å². The van der Waals surface area contributed by atoms with Crippen molar-refractivity contribution in [3.63, 3.8) is 0 Å². The number of alkyl halides is 7. The number of hydrogen-bond donors (Lipinski definition) is 2. The molecule has 0 amide bonds. The standard InChI is InChI=1S/C5H3F7O2/c6-1-2(7,8)4(9,10)5(11,12)3(1,13)14/h1,13-14H. The summed E-state index contributed by atoms with van der Waals surface area (Å²) in [6.45, 7) is 0. The molecule has 0 aromatic rings. The molecule has 1 saturated carbocycles. The first kappa shape index (κ1) is 11.5. The van der Waals surface area contributed by atoms with Crippen LogP contribution < -0.4 is 0 Å². The highest BCUT2D eigenvalue weighted by Gasteiger charge is 2.92. The van der Waals surface area contributed by atoms with E-state index in [2.05, 4.69) is 0 Å². The highest BCUT2D eigenvalue weighted by molar-refractivity contribution is 5.18. The summed E-state index contributed by atoms with van der Waals surface area (Å²) in [5.74, 6) is -23.0. The van der Waals surface area contributed by atoms with Crippen LogP contribution in [0.2, 0.25) is 0 Å². The summed E-state index contributed by atoms with van der Waals surface area (Å²) in [4.78, 5) is 0. The first-order chi connectivity index (χ1) is 5.90. The van der Waals surface area contributed by atoms with Crippen LogP contribution >= 0.6 is 0 Å². The average molecular weight is 228 g/mol. The summed E-state index contributed by atoms with van der Waals surface area (Å²) in [7, 11) is 0. The van der Waals surface area contributed by atoms with Crippen molar-refractivity contribution in [1.29, 1.82) is 0 Å². The molecule has 2 nitrogen and oxygen atoms in total. The zero-order chi connectivity index (χ0) is 11.6. The van der Waals surface area contributed by atoms with Gasteiger partial charge in [-0.1, -0.05) is 0 Å². The molecule has 0 heterocycles. The van der Waals surface area contributed by atoms with Gasteiger partial charge in [0.1, 0.15) is 0 Å². The van der Waals surface area contributed by atoms with Gasteiger partial charge in [0, 0.05) is 0 Å². The molecule has 1 unspecified atom stereocenters. The van der Waals surface area contributed by atoms with Crippen LogP contribution in [-0.2, 0) is 0 Å². The number of hydrogen-bond acceptors (Lipinski definition) is 2. The molecule has 9 heteroatoms. The van der Waals surface area contributed by atoms with Crippen LogP contribution in [0.15, 0.2) is 0 Å². The second kappa shape index (κ2) is 2.32. The zero-order valence-electron chi connectivity index (χ0n) is 6.12. The molecule has 1 fully saturated rings. The quantitative estimate of drug-likeness (QED) is 0.478. The second-order valence-electron chi connectivity index (χ2n) is 2.86. The highest BCUT2D eigenvalue weighted by Crippen LogP contribution is 2.60. The minimum atomic E-state index is -6.15. The van der Waals surface area contributed by atoms with Gasteiger partial charge in [0.25, 0.3) is 5.79 Å². The fraction of sp³-hybridized carbons (Fsp3) is 1.00. The fourth-order valence-corrected chi connectivity index (χ4v) is 1.01. The average Bonchev–Trinajstić information content (AvgIpc) is 2.05. The van der Waals surface area contributed by atoms with Gasteiger partial charge in [0.05, 0.1) is 0 Å². The maximum absolute atomic E-state index is 12.3. The van der Waals surface area contributed by atoms with E-state index < -0.39 is 29.7 Å². The van der Waals surface area contributed by atoms with E-state index in [4.69, 9.17) is 10.2 Å². The Labute approximate surface area is 71.9 Å². The third-order valence-electron chi connectivity index (χ3n) is 1.95. The van der Waals surface area contributed by atoms with Gasteiger partial charge in [0.2, 0.25) is 6.17 Å². The molecule has 1 atom stereocenters. The molecule has 1 aliphatic carbocycles. The third kappa shape index (κ3) is 0.842. The summed E-state index contributed by atoms with van der Waals surface area (Å²) in [6.07, 6.45) is -4.46. The van der Waals surface area contributed by atoms with Crippen LogP contribution in [0.3, 0.4) is 0 Å². The molecular formula is C5H3F7O2. The molecule has 0 aromatic heterocycles. The van der Waals surface area contributed by atoms with E-state index in [9.17, 15) is 30.7 Å². The predicted molar refractivity (Wildman–Crippen MR) is 26.9 cm³/mol. The summed E-state index contributed by atoms with van der Waals surface area (Å²) < 4.78 is 85.5. The van der Waals surface area contributed by atoms with Crippen LogP contribution in [-0.4, -0.2) is 39.9 Å². The summed E-state index contributed by atoms with van der Waals surface area (Å²) in [5.41, 5.74) is 0. The van der Waals surface area contributed by atoms with E-state index in [1.165, 1.54) is 0 Å². The van der Waals surface area contributed by atoms with Gasteiger partial charge in [-0.15, -0.1) is 0 Å². The predicted octanol–water partition coefficient (Wildman–Crippen LogP) is 0.925. The Bertz CT molecular complexity index is 235. The fourth-order valence-electron chi connectivity index (χ4n) is 1.01. The minimum absolute atomic E-state index is 4.46. The Hall–Kier alpha value is -0.570. The maximum Gasteiger partial charge on any atom is 0.380 e. The third-order valence-corrected chi connectivity index (χ3v) is 1.95. The van der Waals surface area contributed by atoms with Gasteiger partial charge in [-0.2, -0.15) is 26.3 Å². The smallest absolute Gasteiger partial charge is 0.358 e. The molecular weight excluding hydrogens is 225 g/mol. The van der Waals surface area contributed by atoms with Crippen molar-refractivity contribution in [3.8, 4) is 0 Å². The largest absolute Gasteiger partial charge is 0.380 e. The van der Waals surface area contributed by atoms with E-state index >= 15 is 0 Å². The molecule has 2 N–H and O–H groups in total. The monoisotopic (exact) mass is 228 g/mol. The Morgan fingerprint density at radius 3 is 1.21 bits per heavy atom. The van der Waals surface area contributed by atoms with E-state index in [1.54, 1.807) is 0 Å². The van der Waals surface area contributed by atoms with Crippen LogP contribution in [0.1, 0.15) is 0 Å². The van der Waals surface area contributed by atoms with Crippen molar-refractivity contribution >= 4 is 0 Å². The lowest BCUT2D eigenvalue weighted by atomic mass is 10.1. The first-order valence-electron chi connectivity index (χ1n) is 3.13. The van der Waals surface area contributed by atoms with Gasteiger partial charge < -0.3 is 10.2 Å². The normalized spacial score (nSPS) is 37.1. The number of aliphatic hydroxyl groups is 2. The topological polar surface area (TPSA) is 40.5 Å². The van der Waals surface area contributed by atoms with E-state index in [-0.39, 0.29) is 0 Å². The first-order valence-corrected chi connectivity index (χ1v) is 3.13. The lowest BCUT2D eigenvalue weighted by Crippen LogP contribution is -2.54. The van der Waals surface area contributed by atoms with Gasteiger partial charge in [0.15, 0.2) is 0 Å². The molecule has 0 aromatic carbocycles. The van der Waals surface area contributed by atoms with Crippen LogP contribution in [0, 0.1) is 0 Å². The van der Waals surface area contributed by atoms with E-state index in [1.807, 2.05) is 0 Å². The highest BCUT2D eigenvalue weighted by atomic mass is 19.3. The molecule has 0 aliphatic heterocycles.